The van der Waals surface area contributed by atoms with Crippen molar-refractivity contribution in [1.29, 1.82) is 0 Å². The molecule has 1 saturated heterocycles. The summed E-state index contributed by atoms with van der Waals surface area (Å²) < 4.78 is 10.4. The molecular formula is C23H26N4O3. The Hall–Kier alpha value is -3.48. The van der Waals surface area contributed by atoms with Crippen LogP contribution in [0.1, 0.15) is 23.2 Å². The fraction of sp³-hybridized carbons (Fsp3) is 0.304. The number of nitrogens with zero attached hydrogens (tertiary/aromatic N) is 2. The Balaban J connectivity index is 1.41. The lowest BCUT2D eigenvalue weighted by Crippen LogP contribution is -2.48. The van der Waals surface area contributed by atoms with Crippen molar-refractivity contribution in [3.05, 3.63) is 60.2 Å². The minimum Gasteiger partial charge on any atom is -0.497 e. The molecule has 4 rings (SSSR count). The number of anilines is 1. The van der Waals surface area contributed by atoms with Crippen molar-refractivity contribution in [3.8, 4) is 22.8 Å². The molecule has 7 nitrogen and oxygen atoms in total. The smallest absolute Gasteiger partial charge is 0.251 e. The standard InChI is InChI=1S/C23H26N4O3/c1-29-19-10-8-16(9-11-19)21-14-22(26-25-21)27-12-4-6-18(15-27)24-23(28)17-5-3-7-20(13-17)30-2/h3,5,7-11,13-14,18H,4,6,12,15H2,1-2H3,(H,24,28)(H,25,26). The molecule has 1 aromatic heterocycles. The first kappa shape index (κ1) is 19.8. The fourth-order valence-corrected chi connectivity index (χ4v) is 3.73. The van der Waals surface area contributed by atoms with Gasteiger partial charge in [-0.1, -0.05) is 6.07 Å². The van der Waals surface area contributed by atoms with Crippen molar-refractivity contribution in [1.82, 2.24) is 15.5 Å². The predicted molar refractivity (Wildman–Crippen MR) is 116 cm³/mol. The predicted octanol–water partition coefficient (Wildman–Crippen LogP) is 3.49. The van der Waals surface area contributed by atoms with Crippen molar-refractivity contribution in [2.75, 3.05) is 32.2 Å². The molecule has 7 heteroatoms. The maximum atomic E-state index is 12.6. The van der Waals surface area contributed by atoms with E-state index in [4.69, 9.17) is 9.47 Å². The number of H-pyrrole nitrogens is 1. The molecule has 3 aromatic rings. The zero-order valence-corrected chi connectivity index (χ0v) is 17.2. The Bertz CT molecular complexity index is 1000. The van der Waals surface area contributed by atoms with Gasteiger partial charge in [0.25, 0.3) is 5.91 Å². The Labute approximate surface area is 176 Å². The van der Waals surface area contributed by atoms with E-state index in [-0.39, 0.29) is 11.9 Å². The van der Waals surface area contributed by atoms with Crippen LogP contribution in [0.15, 0.2) is 54.6 Å². The van der Waals surface area contributed by atoms with Crippen LogP contribution in [-0.2, 0) is 0 Å². The summed E-state index contributed by atoms with van der Waals surface area (Å²) in [5.74, 6) is 2.31. The third-order valence-corrected chi connectivity index (χ3v) is 5.38. The van der Waals surface area contributed by atoms with Gasteiger partial charge in [0.1, 0.15) is 11.5 Å². The number of benzene rings is 2. The van der Waals surface area contributed by atoms with Gasteiger partial charge in [0, 0.05) is 30.8 Å². The average molecular weight is 406 g/mol. The van der Waals surface area contributed by atoms with Crippen molar-refractivity contribution < 1.29 is 14.3 Å². The number of methoxy groups -OCH3 is 2. The minimum absolute atomic E-state index is 0.0681. The molecule has 156 valence electrons. The lowest BCUT2D eigenvalue weighted by molar-refractivity contribution is 0.0932. The van der Waals surface area contributed by atoms with Gasteiger partial charge in [0.2, 0.25) is 0 Å². The van der Waals surface area contributed by atoms with Crippen LogP contribution in [0.25, 0.3) is 11.3 Å². The van der Waals surface area contributed by atoms with Gasteiger partial charge >= 0.3 is 0 Å². The zero-order chi connectivity index (χ0) is 20.9. The second kappa shape index (κ2) is 8.90. The van der Waals surface area contributed by atoms with Crippen molar-refractivity contribution in [2.24, 2.45) is 0 Å². The maximum Gasteiger partial charge on any atom is 0.251 e. The van der Waals surface area contributed by atoms with Crippen LogP contribution in [0.2, 0.25) is 0 Å². The van der Waals surface area contributed by atoms with Crippen LogP contribution in [0.5, 0.6) is 11.5 Å². The quantitative estimate of drug-likeness (QED) is 0.655. The number of piperidine rings is 1. The Morgan fingerprint density at radius 3 is 2.67 bits per heavy atom. The van der Waals surface area contributed by atoms with E-state index < -0.39 is 0 Å². The second-order valence-corrected chi connectivity index (χ2v) is 7.36. The number of hydrogen-bond acceptors (Lipinski definition) is 5. The summed E-state index contributed by atoms with van der Waals surface area (Å²) in [6.07, 6.45) is 1.94. The monoisotopic (exact) mass is 406 g/mol. The van der Waals surface area contributed by atoms with E-state index in [9.17, 15) is 4.79 Å². The summed E-state index contributed by atoms with van der Waals surface area (Å²) in [4.78, 5) is 14.9. The van der Waals surface area contributed by atoms with Crippen LogP contribution >= 0.6 is 0 Å². The Morgan fingerprint density at radius 1 is 1.10 bits per heavy atom. The molecule has 2 aromatic carbocycles. The second-order valence-electron chi connectivity index (χ2n) is 7.36. The van der Waals surface area contributed by atoms with E-state index in [0.29, 0.717) is 11.3 Å². The van der Waals surface area contributed by atoms with Crippen LogP contribution in [0.4, 0.5) is 5.82 Å². The highest BCUT2D eigenvalue weighted by atomic mass is 16.5. The molecule has 0 bridgehead atoms. The third kappa shape index (κ3) is 4.40. The van der Waals surface area contributed by atoms with Gasteiger partial charge in [0.15, 0.2) is 5.82 Å². The first-order chi connectivity index (χ1) is 14.7. The van der Waals surface area contributed by atoms with E-state index in [2.05, 4.69) is 20.4 Å². The molecule has 2 heterocycles. The molecule has 30 heavy (non-hydrogen) atoms. The summed E-state index contributed by atoms with van der Waals surface area (Å²) in [6.45, 7) is 1.64. The molecule has 0 spiro atoms. The summed E-state index contributed by atoms with van der Waals surface area (Å²) in [5, 5.41) is 10.8. The number of aromatic nitrogens is 2. The molecule has 1 amide bonds. The third-order valence-electron chi connectivity index (χ3n) is 5.38. The Morgan fingerprint density at radius 2 is 1.90 bits per heavy atom. The molecule has 1 aliphatic heterocycles. The Kier molecular flexibility index (Phi) is 5.88. The largest absolute Gasteiger partial charge is 0.497 e. The fourth-order valence-electron chi connectivity index (χ4n) is 3.73. The number of ether oxygens (including phenoxy) is 2. The lowest BCUT2D eigenvalue weighted by Gasteiger charge is -2.33. The van der Waals surface area contributed by atoms with E-state index in [1.54, 1.807) is 26.4 Å². The van der Waals surface area contributed by atoms with E-state index in [1.807, 2.05) is 42.5 Å². The normalized spacial score (nSPS) is 16.2. The zero-order valence-electron chi connectivity index (χ0n) is 17.2. The maximum absolute atomic E-state index is 12.6. The van der Waals surface area contributed by atoms with Gasteiger partial charge < -0.3 is 19.7 Å². The lowest BCUT2D eigenvalue weighted by atomic mass is 10.0. The number of carbonyl (C=O) groups is 1. The molecule has 0 saturated carbocycles. The van der Waals surface area contributed by atoms with Crippen molar-refractivity contribution in [2.45, 2.75) is 18.9 Å². The van der Waals surface area contributed by atoms with Crippen LogP contribution in [0, 0.1) is 0 Å². The molecule has 1 unspecified atom stereocenters. The van der Waals surface area contributed by atoms with Crippen LogP contribution in [-0.4, -0.2) is 49.5 Å². The van der Waals surface area contributed by atoms with Gasteiger partial charge in [0.05, 0.1) is 19.9 Å². The van der Waals surface area contributed by atoms with Crippen molar-refractivity contribution in [3.63, 3.8) is 0 Å². The number of rotatable bonds is 6. The highest BCUT2D eigenvalue weighted by Gasteiger charge is 2.24. The highest BCUT2D eigenvalue weighted by Crippen LogP contribution is 2.26. The van der Waals surface area contributed by atoms with E-state index >= 15 is 0 Å². The number of nitrogens with one attached hydrogen (secondary N) is 2. The SMILES string of the molecule is COc1ccc(-c2cc(N3CCCC(NC(=O)c4cccc(OC)c4)C3)n[nH]2)cc1. The number of amides is 1. The summed E-state index contributed by atoms with van der Waals surface area (Å²) >= 11 is 0. The summed E-state index contributed by atoms with van der Waals surface area (Å²) in [5.41, 5.74) is 2.61. The van der Waals surface area contributed by atoms with Crippen molar-refractivity contribution >= 4 is 11.7 Å². The minimum atomic E-state index is -0.0818. The molecule has 1 fully saturated rings. The topological polar surface area (TPSA) is 79.5 Å². The first-order valence-electron chi connectivity index (χ1n) is 10.1. The molecule has 1 aliphatic rings. The van der Waals surface area contributed by atoms with Crippen LogP contribution in [0.3, 0.4) is 0 Å². The number of hydrogen-bond donors (Lipinski definition) is 2. The molecule has 2 N–H and O–H groups in total. The van der Waals surface area contributed by atoms with Gasteiger partial charge in [-0.2, -0.15) is 5.10 Å². The summed E-state index contributed by atoms with van der Waals surface area (Å²) in [7, 11) is 3.25. The van der Waals surface area contributed by atoms with Gasteiger partial charge in [-0.15, -0.1) is 0 Å². The molecule has 1 atom stereocenters. The van der Waals surface area contributed by atoms with Gasteiger partial charge in [-0.25, -0.2) is 0 Å². The van der Waals surface area contributed by atoms with Crippen LogP contribution < -0.4 is 19.7 Å². The van der Waals surface area contributed by atoms with E-state index in [0.717, 1.165) is 48.8 Å². The highest BCUT2D eigenvalue weighted by molar-refractivity contribution is 5.94. The van der Waals surface area contributed by atoms with E-state index in [1.165, 1.54) is 0 Å². The first-order valence-corrected chi connectivity index (χ1v) is 10.1. The molecular weight excluding hydrogens is 380 g/mol. The van der Waals surface area contributed by atoms with Gasteiger partial charge in [-0.05, 0) is 60.9 Å². The average Bonchev–Trinajstić information content (AvgIpc) is 3.30. The number of aromatic amines is 1. The number of carbonyl (C=O) groups excluding carboxylic acids is 1. The molecule has 0 radical (unpaired) electrons. The summed E-state index contributed by atoms with van der Waals surface area (Å²) in [6, 6.07) is 17.2. The molecule has 0 aliphatic carbocycles. The van der Waals surface area contributed by atoms with Gasteiger partial charge in [-0.3, -0.25) is 9.89 Å².